The van der Waals surface area contributed by atoms with Gasteiger partial charge in [0.2, 0.25) is 5.75 Å². The van der Waals surface area contributed by atoms with Gasteiger partial charge < -0.3 is 34.8 Å². The Morgan fingerprint density at radius 3 is 2.36 bits per heavy atom. The number of methoxy groups -OCH3 is 3. The Balaban J connectivity index is 2.85. The molecule has 0 saturated heterocycles. The van der Waals surface area contributed by atoms with Gasteiger partial charge in [-0.1, -0.05) is 0 Å². The fraction of sp³-hybridized carbons (Fsp3) is 0.450. The van der Waals surface area contributed by atoms with E-state index in [1.54, 1.807) is 26.0 Å². The third kappa shape index (κ3) is 3.93. The number of esters is 1. The molecule has 8 heteroatoms. The number of hydrogen-bond donors (Lipinski definition) is 3. The molecular formula is C20H28N2O6. The van der Waals surface area contributed by atoms with E-state index in [0.29, 0.717) is 52.6 Å². The topological polar surface area (TPSA) is 116 Å². The molecule has 0 aliphatic rings. The van der Waals surface area contributed by atoms with Crippen LogP contribution in [0.1, 0.15) is 41.7 Å². The van der Waals surface area contributed by atoms with Crippen molar-refractivity contribution >= 4 is 5.97 Å². The van der Waals surface area contributed by atoms with Crippen LogP contribution in [-0.4, -0.2) is 50.5 Å². The third-order valence-electron chi connectivity index (χ3n) is 4.38. The molecule has 0 fully saturated rings. The molecular weight excluding hydrogens is 364 g/mol. The maximum absolute atomic E-state index is 12.5. The van der Waals surface area contributed by atoms with Crippen LogP contribution in [0.4, 0.5) is 0 Å². The Morgan fingerprint density at radius 2 is 1.86 bits per heavy atom. The highest BCUT2D eigenvalue weighted by atomic mass is 16.5. The minimum absolute atomic E-state index is 0.201. The molecule has 2 rings (SSSR count). The van der Waals surface area contributed by atoms with Gasteiger partial charge in [0, 0.05) is 28.8 Å². The highest BCUT2D eigenvalue weighted by Crippen LogP contribution is 2.47. The maximum Gasteiger partial charge on any atom is 0.355 e. The highest BCUT2D eigenvalue weighted by molar-refractivity contribution is 5.94. The van der Waals surface area contributed by atoms with Gasteiger partial charge in [0.25, 0.3) is 0 Å². The first-order chi connectivity index (χ1) is 13.4. The smallest absolute Gasteiger partial charge is 0.355 e. The van der Waals surface area contributed by atoms with Gasteiger partial charge in [-0.15, -0.1) is 0 Å². The van der Waals surface area contributed by atoms with Crippen molar-refractivity contribution in [1.82, 2.24) is 4.98 Å². The van der Waals surface area contributed by atoms with Crippen molar-refractivity contribution in [3.63, 3.8) is 0 Å². The molecule has 1 unspecified atom stereocenters. The summed E-state index contributed by atoms with van der Waals surface area (Å²) in [4.78, 5) is 15.6. The van der Waals surface area contributed by atoms with Crippen molar-refractivity contribution in [3.05, 3.63) is 29.1 Å². The summed E-state index contributed by atoms with van der Waals surface area (Å²) in [7, 11) is 4.57. The number of aromatic amines is 1. The predicted molar refractivity (Wildman–Crippen MR) is 105 cm³/mol. The van der Waals surface area contributed by atoms with Crippen molar-refractivity contribution in [3.8, 4) is 28.4 Å². The number of benzene rings is 1. The Labute approximate surface area is 164 Å². The first-order valence-corrected chi connectivity index (χ1v) is 9.04. The molecule has 0 aliphatic heterocycles. The van der Waals surface area contributed by atoms with Crippen molar-refractivity contribution in [2.24, 2.45) is 5.73 Å². The van der Waals surface area contributed by atoms with Gasteiger partial charge in [-0.25, -0.2) is 4.79 Å². The molecule has 1 heterocycles. The van der Waals surface area contributed by atoms with E-state index in [4.69, 9.17) is 24.7 Å². The van der Waals surface area contributed by atoms with E-state index in [-0.39, 0.29) is 12.3 Å². The van der Waals surface area contributed by atoms with Gasteiger partial charge in [0.1, 0.15) is 5.69 Å². The van der Waals surface area contributed by atoms with Crippen LogP contribution in [0.3, 0.4) is 0 Å². The average molecular weight is 392 g/mol. The number of aliphatic hydroxyl groups excluding tert-OH is 1. The summed E-state index contributed by atoms with van der Waals surface area (Å²) in [5.41, 5.74) is 8.39. The van der Waals surface area contributed by atoms with Crippen molar-refractivity contribution in [2.75, 3.05) is 34.5 Å². The fourth-order valence-electron chi connectivity index (χ4n) is 3.29. The lowest BCUT2D eigenvalue weighted by atomic mass is 9.94. The van der Waals surface area contributed by atoms with Gasteiger partial charge >= 0.3 is 5.97 Å². The molecule has 0 radical (unpaired) electrons. The zero-order chi connectivity index (χ0) is 20.8. The highest BCUT2D eigenvalue weighted by Gasteiger charge is 2.29. The SMILES string of the molecule is CCOC(=O)c1[nH]c(CCN)c(-c2ccc(OC)c(OC)c2OC)c1C(C)O. The number of hydrogen-bond acceptors (Lipinski definition) is 7. The second-order valence-corrected chi connectivity index (χ2v) is 6.08. The van der Waals surface area contributed by atoms with Crippen LogP contribution in [0, 0.1) is 0 Å². The molecule has 28 heavy (non-hydrogen) atoms. The van der Waals surface area contributed by atoms with Crippen molar-refractivity contribution in [1.29, 1.82) is 0 Å². The van der Waals surface area contributed by atoms with Crippen LogP contribution >= 0.6 is 0 Å². The number of nitrogens with two attached hydrogens (primary N) is 1. The number of nitrogens with one attached hydrogen (secondary N) is 1. The number of carbonyl (C=O) groups is 1. The summed E-state index contributed by atoms with van der Waals surface area (Å²) in [6.07, 6.45) is -0.471. The number of aliphatic hydroxyl groups is 1. The van der Waals surface area contributed by atoms with Crippen LogP contribution in [-0.2, 0) is 11.2 Å². The zero-order valence-corrected chi connectivity index (χ0v) is 16.9. The quantitative estimate of drug-likeness (QED) is 0.561. The Kier molecular flexibility index (Phi) is 7.31. The molecule has 8 nitrogen and oxygen atoms in total. The van der Waals surface area contributed by atoms with Crippen molar-refractivity contribution in [2.45, 2.75) is 26.4 Å². The summed E-state index contributed by atoms with van der Waals surface area (Å²) in [6.45, 7) is 3.89. The second kappa shape index (κ2) is 9.48. The number of ether oxygens (including phenoxy) is 4. The van der Waals surface area contributed by atoms with E-state index in [0.717, 1.165) is 0 Å². The largest absolute Gasteiger partial charge is 0.493 e. The third-order valence-corrected chi connectivity index (χ3v) is 4.38. The minimum atomic E-state index is -0.935. The van der Waals surface area contributed by atoms with Crippen LogP contribution in [0.15, 0.2) is 12.1 Å². The summed E-state index contributed by atoms with van der Waals surface area (Å²) < 4.78 is 21.6. The standard InChI is InChI=1S/C20H28N2O6/c1-6-28-20(24)17-15(11(2)23)16(13(22-17)9-10-21)12-7-8-14(25-3)19(27-5)18(12)26-4/h7-8,11,22-23H,6,9-10,21H2,1-5H3. The molecule has 0 aliphatic carbocycles. The molecule has 1 aromatic carbocycles. The average Bonchev–Trinajstić information content (AvgIpc) is 3.06. The van der Waals surface area contributed by atoms with Gasteiger partial charge in [-0.3, -0.25) is 0 Å². The molecule has 2 aromatic rings. The summed E-state index contributed by atoms with van der Waals surface area (Å²) >= 11 is 0. The molecule has 154 valence electrons. The second-order valence-electron chi connectivity index (χ2n) is 6.08. The number of aromatic nitrogens is 1. The fourth-order valence-corrected chi connectivity index (χ4v) is 3.29. The lowest BCUT2D eigenvalue weighted by Gasteiger charge is -2.18. The van der Waals surface area contributed by atoms with Gasteiger partial charge in [0.15, 0.2) is 11.5 Å². The predicted octanol–water partition coefficient (Wildman–Crippen LogP) is 2.44. The number of rotatable bonds is 9. The van der Waals surface area contributed by atoms with Crippen molar-refractivity contribution < 1.29 is 28.8 Å². The van der Waals surface area contributed by atoms with E-state index < -0.39 is 12.1 Å². The summed E-state index contributed by atoms with van der Waals surface area (Å²) in [6, 6.07) is 3.54. The number of carbonyl (C=O) groups excluding carboxylic acids is 1. The van der Waals surface area contributed by atoms with Crippen LogP contribution in [0.5, 0.6) is 17.2 Å². The molecule has 1 atom stereocenters. The van der Waals surface area contributed by atoms with Crippen LogP contribution in [0.25, 0.3) is 11.1 Å². The Hall–Kier alpha value is -2.71. The van der Waals surface area contributed by atoms with E-state index in [2.05, 4.69) is 4.98 Å². The van der Waals surface area contributed by atoms with Gasteiger partial charge in [-0.05, 0) is 32.5 Å². The van der Waals surface area contributed by atoms with Gasteiger partial charge in [-0.2, -0.15) is 0 Å². The van der Waals surface area contributed by atoms with E-state index in [1.165, 1.54) is 21.3 Å². The molecule has 0 bridgehead atoms. The van der Waals surface area contributed by atoms with Gasteiger partial charge in [0.05, 0.1) is 34.0 Å². The first kappa shape index (κ1) is 21.6. The normalized spacial score (nSPS) is 11.8. The molecule has 4 N–H and O–H groups in total. The number of H-pyrrole nitrogens is 1. The molecule has 0 spiro atoms. The zero-order valence-electron chi connectivity index (χ0n) is 16.9. The minimum Gasteiger partial charge on any atom is -0.493 e. The van der Waals surface area contributed by atoms with E-state index in [1.807, 2.05) is 0 Å². The molecule has 1 aromatic heterocycles. The van der Waals surface area contributed by atoms with Crippen LogP contribution in [0.2, 0.25) is 0 Å². The Bertz CT molecular complexity index is 829. The maximum atomic E-state index is 12.5. The lowest BCUT2D eigenvalue weighted by molar-refractivity contribution is 0.0513. The van der Waals surface area contributed by atoms with Crippen LogP contribution < -0.4 is 19.9 Å². The monoisotopic (exact) mass is 392 g/mol. The Morgan fingerprint density at radius 1 is 1.18 bits per heavy atom. The molecule has 0 saturated carbocycles. The first-order valence-electron chi connectivity index (χ1n) is 9.04. The lowest BCUT2D eigenvalue weighted by Crippen LogP contribution is -2.09. The summed E-state index contributed by atoms with van der Waals surface area (Å²) in [5, 5.41) is 10.5. The van der Waals surface area contributed by atoms with E-state index >= 15 is 0 Å². The van der Waals surface area contributed by atoms with E-state index in [9.17, 15) is 9.90 Å². The summed E-state index contributed by atoms with van der Waals surface area (Å²) in [5.74, 6) is 0.804. The molecule has 0 amide bonds.